The lowest BCUT2D eigenvalue weighted by Gasteiger charge is -2.33. The maximum absolute atomic E-state index is 13.7. The van der Waals surface area contributed by atoms with E-state index >= 15 is 0 Å². The van der Waals surface area contributed by atoms with Crippen LogP contribution >= 0.6 is 11.3 Å². The number of pyridine rings is 1. The summed E-state index contributed by atoms with van der Waals surface area (Å²) in [6.07, 6.45) is 4.01. The minimum absolute atomic E-state index is 0.0123. The molecule has 5 aromatic rings. The van der Waals surface area contributed by atoms with Crippen molar-refractivity contribution >= 4 is 50.3 Å². The molecule has 11 nitrogen and oxygen atoms in total. The highest BCUT2D eigenvalue weighted by atomic mass is 32.1. The summed E-state index contributed by atoms with van der Waals surface area (Å²) in [7, 11) is 0. The van der Waals surface area contributed by atoms with Crippen LogP contribution in [0.5, 0.6) is 5.75 Å². The van der Waals surface area contributed by atoms with Gasteiger partial charge in [-0.15, -0.1) is 0 Å². The number of fused-ring (bicyclic) bond motifs is 2. The third-order valence-electron chi connectivity index (χ3n) is 11.3. The molecule has 0 radical (unpaired) electrons. The first-order chi connectivity index (χ1) is 27.9. The number of esters is 1. The number of hydrogen-bond acceptors (Lipinski definition) is 10. The molecule has 0 saturated carbocycles. The second-order valence-electron chi connectivity index (χ2n) is 16.3. The topological polar surface area (TPSA) is 134 Å². The van der Waals surface area contributed by atoms with Crippen molar-refractivity contribution in [3.05, 3.63) is 100 Å². The number of anilines is 2. The molecule has 7 rings (SSSR count). The molecule has 0 bridgehead atoms. The molecule has 2 aliphatic heterocycles. The van der Waals surface area contributed by atoms with Crippen molar-refractivity contribution in [3.8, 4) is 16.9 Å². The molecule has 2 aromatic heterocycles. The molecule has 0 unspecified atom stereocenters. The Labute approximate surface area is 344 Å². The van der Waals surface area contributed by atoms with Gasteiger partial charge in [0.05, 0.1) is 23.4 Å². The molecular formula is C46H53N5O6S. The van der Waals surface area contributed by atoms with Gasteiger partial charge in [-0.1, -0.05) is 68.5 Å². The average Bonchev–Trinajstić information content (AvgIpc) is 3.62. The number of benzene rings is 3. The molecule has 0 spiro atoms. The molecule has 58 heavy (non-hydrogen) atoms. The van der Waals surface area contributed by atoms with Crippen LogP contribution in [0.3, 0.4) is 0 Å². The summed E-state index contributed by atoms with van der Waals surface area (Å²) in [5.41, 5.74) is 6.04. The van der Waals surface area contributed by atoms with E-state index in [0.29, 0.717) is 67.1 Å². The van der Waals surface area contributed by atoms with Crippen molar-refractivity contribution in [2.45, 2.75) is 78.7 Å². The maximum atomic E-state index is 13.7. The molecule has 1 amide bonds. The number of hydrogen-bond donors (Lipinski definition) is 2. The van der Waals surface area contributed by atoms with E-state index in [-0.39, 0.29) is 17.6 Å². The molecular weight excluding hydrogens is 751 g/mol. The Balaban J connectivity index is 1.09. The average molecular weight is 804 g/mol. The quantitative estimate of drug-likeness (QED) is 0.0878. The summed E-state index contributed by atoms with van der Waals surface area (Å²) in [5.74, 6) is 0.229. The van der Waals surface area contributed by atoms with E-state index in [4.69, 9.17) is 14.5 Å². The molecule has 304 valence electrons. The van der Waals surface area contributed by atoms with E-state index in [0.717, 1.165) is 82.7 Å². The molecule has 0 atom stereocenters. The first-order valence-electron chi connectivity index (χ1n) is 20.3. The molecule has 3 aromatic carbocycles. The molecule has 1 saturated heterocycles. The Morgan fingerprint density at radius 2 is 1.76 bits per heavy atom. The smallest absolute Gasteiger partial charge is 0.355 e. The normalized spacial score (nSPS) is 14.9. The predicted octanol–water partition coefficient (Wildman–Crippen LogP) is 8.91. The van der Waals surface area contributed by atoms with Gasteiger partial charge in [0.2, 0.25) is 0 Å². The van der Waals surface area contributed by atoms with E-state index in [9.17, 15) is 19.5 Å². The number of aromatic nitrogens is 2. The first kappa shape index (κ1) is 40.9. The third kappa shape index (κ3) is 9.18. The Morgan fingerprint density at radius 3 is 2.50 bits per heavy atom. The minimum atomic E-state index is -1.10. The molecule has 12 heteroatoms. The summed E-state index contributed by atoms with van der Waals surface area (Å²) in [4.78, 5) is 52.8. The zero-order chi connectivity index (χ0) is 41.0. The third-order valence-corrected chi connectivity index (χ3v) is 12.2. The second-order valence-corrected chi connectivity index (χ2v) is 17.3. The van der Waals surface area contributed by atoms with E-state index < -0.39 is 11.4 Å². The number of para-hydroxylation sites is 1. The van der Waals surface area contributed by atoms with Gasteiger partial charge in [-0.05, 0) is 122 Å². The number of carbonyl (C=O) groups is 3. The number of aromatic carboxylic acids is 1. The highest BCUT2D eigenvalue weighted by Gasteiger charge is 2.31. The maximum Gasteiger partial charge on any atom is 0.355 e. The van der Waals surface area contributed by atoms with E-state index in [1.165, 1.54) is 11.3 Å². The Kier molecular flexibility index (Phi) is 12.4. The number of likely N-dealkylation sites (tertiary alicyclic amines) is 1. The number of carboxylic acids is 1. The number of ether oxygens (including phenoxy) is 2. The summed E-state index contributed by atoms with van der Waals surface area (Å²) in [5, 5.41) is 14.3. The van der Waals surface area contributed by atoms with Crippen LogP contribution in [0.4, 0.5) is 10.9 Å². The first-order valence-corrected chi connectivity index (χ1v) is 21.1. The number of nitrogens with zero attached hydrogens (tertiary/aromatic N) is 4. The van der Waals surface area contributed by atoms with Gasteiger partial charge >= 0.3 is 11.9 Å². The standard InChI is InChI=1S/C46H53N5O6S/c1-6-56-40(52)26-30-18-22-50(23-19-30)21-11-25-57-37-16-10-13-32(29(37)2)41-35(46(3,4)5)27-39(48-42(41)44(54)55)51-24-20-31-12-9-14-33(34(31)28-51)43(53)49-45-47-36-15-7-8-17-38(36)58-45/h7-10,12-17,27,30H,6,11,18-26,28H2,1-5H3,(H,54,55)(H,47,49,53). The van der Waals surface area contributed by atoms with Crippen molar-refractivity contribution in [2.24, 2.45) is 5.92 Å². The molecule has 2 N–H and O–H groups in total. The fourth-order valence-electron chi connectivity index (χ4n) is 8.17. The SMILES string of the molecule is CCOC(=O)CC1CCN(CCCOc2cccc(-c3c(C(C)(C)C)cc(N4CCc5cccc(C(=O)Nc6nc7ccccc7s6)c5C4)nc3C(=O)O)c2C)CC1. The van der Waals surface area contributed by atoms with Gasteiger partial charge in [0.25, 0.3) is 5.91 Å². The van der Waals surface area contributed by atoms with Crippen LogP contribution in [0.2, 0.25) is 0 Å². The van der Waals surface area contributed by atoms with Gasteiger partial charge in [-0.25, -0.2) is 14.8 Å². The summed E-state index contributed by atoms with van der Waals surface area (Å²) < 4.78 is 12.5. The van der Waals surface area contributed by atoms with Crippen LogP contribution in [0.1, 0.15) is 96.5 Å². The van der Waals surface area contributed by atoms with E-state index in [2.05, 4.69) is 46.9 Å². The van der Waals surface area contributed by atoms with Crippen molar-refractivity contribution < 1.29 is 29.0 Å². The van der Waals surface area contributed by atoms with Crippen molar-refractivity contribution in [2.75, 3.05) is 49.6 Å². The van der Waals surface area contributed by atoms with Crippen LogP contribution in [0.15, 0.2) is 66.7 Å². The van der Waals surface area contributed by atoms with Gasteiger partial charge in [0.15, 0.2) is 10.8 Å². The fourth-order valence-corrected chi connectivity index (χ4v) is 9.03. The summed E-state index contributed by atoms with van der Waals surface area (Å²) in [6.45, 7) is 14.9. The Bertz CT molecular complexity index is 2270. The molecule has 4 heterocycles. The zero-order valence-electron chi connectivity index (χ0n) is 34.1. The molecule has 1 fully saturated rings. The minimum Gasteiger partial charge on any atom is -0.493 e. The highest BCUT2D eigenvalue weighted by Crippen LogP contribution is 2.41. The van der Waals surface area contributed by atoms with E-state index in [1.807, 2.05) is 74.5 Å². The summed E-state index contributed by atoms with van der Waals surface area (Å²) in [6, 6.07) is 21.4. The van der Waals surface area contributed by atoms with Crippen LogP contribution in [0.25, 0.3) is 21.3 Å². The van der Waals surface area contributed by atoms with Crippen LogP contribution in [-0.4, -0.2) is 77.2 Å². The van der Waals surface area contributed by atoms with Crippen LogP contribution < -0.4 is 15.0 Å². The second kappa shape index (κ2) is 17.7. The van der Waals surface area contributed by atoms with Gasteiger partial charge in [-0.3, -0.25) is 14.9 Å². The number of amides is 1. The van der Waals surface area contributed by atoms with E-state index in [1.54, 1.807) is 0 Å². The lowest BCUT2D eigenvalue weighted by Crippen LogP contribution is -2.35. The number of piperidine rings is 1. The van der Waals surface area contributed by atoms with Gasteiger partial charge in [-0.2, -0.15) is 0 Å². The van der Waals surface area contributed by atoms with Crippen LogP contribution in [0, 0.1) is 12.8 Å². The molecule has 2 aliphatic rings. The van der Waals surface area contributed by atoms with Crippen molar-refractivity contribution in [1.29, 1.82) is 0 Å². The van der Waals surface area contributed by atoms with Gasteiger partial charge in [0.1, 0.15) is 11.6 Å². The monoisotopic (exact) mass is 803 g/mol. The van der Waals surface area contributed by atoms with Crippen LogP contribution in [-0.2, 0) is 27.9 Å². The predicted molar refractivity (Wildman–Crippen MR) is 229 cm³/mol. The molecule has 0 aliphatic carbocycles. The number of nitrogens with one attached hydrogen (secondary N) is 1. The van der Waals surface area contributed by atoms with Crippen molar-refractivity contribution in [1.82, 2.24) is 14.9 Å². The Morgan fingerprint density at radius 1 is 0.983 bits per heavy atom. The van der Waals surface area contributed by atoms with Gasteiger partial charge < -0.3 is 24.4 Å². The largest absolute Gasteiger partial charge is 0.493 e. The van der Waals surface area contributed by atoms with Crippen molar-refractivity contribution in [3.63, 3.8) is 0 Å². The number of rotatable bonds is 13. The highest BCUT2D eigenvalue weighted by molar-refractivity contribution is 7.22. The lowest BCUT2D eigenvalue weighted by molar-refractivity contribution is -0.144. The fraction of sp³-hybridized carbons (Fsp3) is 0.413. The zero-order valence-corrected chi connectivity index (χ0v) is 34.9. The number of thiazole rings is 1. The number of carboxylic acid groups (broad SMARTS) is 1. The summed E-state index contributed by atoms with van der Waals surface area (Å²) >= 11 is 1.44. The Hall–Kier alpha value is -5.33. The number of carbonyl (C=O) groups excluding carboxylic acids is 2. The lowest BCUT2D eigenvalue weighted by atomic mass is 9.80. The van der Waals surface area contributed by atoms with Gasteiger partial charge in [0, 0.05) is 37.2 Å².